The van der Waals surface area contributed by atoms with E-state index < -0.39 is 10.0 Å². The van der Waals surface area contributed by atoms with Crippen LogP contribution in [-0.2, 0) is 16.6 Å². The molecule has 1 aromatic carbocycles. The third-order valence-corrected chi connectivity index (χ3v) is 5.33. The molecule has 0 radical (unpaired) electrons. The first-order chi connectivity index (χ1) is 8.28. The molecule has 0 saturated heterocycles. The standard InChI is InChI=1S/C13H20N2O2S/c1-9-10(8-14)5-4-6-11(9)18(16,17)15-12-7-13(12,2)3/h4-6,12,15H,7-8,14H2,1-3H3. The van der Waals surface area contributed by atoms with Gasteiger partial charge >= 0.3 is 0 Å². The van der Waals surface area contributed by atoms with Gasteiger partial charge in [0.2, 0.25) is 10.0 Å². The van der Waals surface area contributed by atoms with Crippen LogP contribution in [0.15, 0.2) is 23.1 Å². The fourth-order valence-corrected chi connectivity index (χ4v) is 3.79. The summed E-state index contributed by atoms with van der Waals surface area (Å²) in [5.41, 5.74) is 7.29. The average molecular weight is 268 g/mol. The van der Waals surface area contributed by atoms with E-state index in [1.807, 2.05) is 6.07 Å². The van der Waals surface area contributed by atoms with Gasteiger partial charge in [0.15, 0.2) is 0 Å². The van der Waals surface area contributed by atoms with Gasteiger partial charge in [-0.25, -0.2) is 13.1 Å². The van der Waals surface area contributed by atoms with Crippen LogP contribution in [0.5, 0.6) is 0 Å². The zero-order valence-corrected chi connectivity index (χ0v) is 11.8. The molecule has 1 aliphatic carbocycles. The molecule has 3 N–H and O–H groups in total. The van der Waals surface area contributed by atoms with Crippen LogP contribution in [0.25, 0.3) is 0 Å². The summed E-state index contributed by atoms with van der Waals surface area (Å²) in [5, 5.41) is 0. The van der Waals surface area contributed by atoms with E-state index in [0.29, 0.717) is 11.4 Å². The number of hydrogen-bond donors (Lipinski definition) is 2. The smallest absolute Gasteiger partial charge is 0.241 e. The SMILES string of the molecule is Cc1c(CN)cccc1S(=O)(=O)NC1CC1(C)C. The summed E-state index contributed by atoms with van der Waals surface area (Å²) in [6.07, 6.45) is 0.891. The van der Waals surface area contributed by atoms with Crippen LogP contribution >= 0.6 is 0 Å². The highest BCUT2D eigenvalue weighted by atomic mass is 32.2. The first kappa shape index (κ1) is 13.5. The summed E-state index contributed by atoms with van der Waals surface area (Å²) < 4.78 is 27.4. The minimum atomic E-state index is -3.44. The molecule has 1 atom stereocenters. The lowest BCUT2D eigenvalue weighted by Gasteiger charge is -2.12. The van der Waals surface area contributed by atoms with Gasteiger partial charge < -0.3 is 5.73 Å². The molecule has 0 aliphatic heterocycles. The van der Waals surface area contributed by atoms with Gasteiger partial charge in [0.25, 0.3) is 0 Å². The maximum absolute atomic E-state index is 12.3. The summed E-state index contributed by atoms with van der Waals surface area (Å²) in [7, 11) is -3.44. The maximum Gasteiger partial charge on any atom is 0.241 e. The highest BCUT2D eigenvalue weighted by molar-refractivity contribution is 7.89. The van der Waals surface area contributed by atoms with Crippen LogP contribution in [0, 0.1) is 12.3 Å². The number of nitrogens with two attached hydrogens (primary N) is 1. The van der Waals surface area contributed by atoms with Gasteiger partial charge in [-0.05, 0) is 36.0 Å². The predicted octanol–water partition coefficient (Wildman–Crippen LogP) is 1.53. The van der Waals surface area contributed by atoms with Crippen molar-refractivity contribution in [3.8, 4) is 0 Å². The maximum atomic E-state index is 12.3. The van der Waals surface area contributed by atoms with Gasteiger partial charge in [0.05, 0.1) is 4.90 Å². The Labute approximate surface area is 109 Å². The van der Waals surface area contributed by atoms with E-state index in [0.717, 1.165) is 17.5 Å². The minimum absolute atomic E-state index is 0.0448. The third-order valence-electron chi connectivity index (χ3n) is 3.72. The van der Waals surface area contributed by atoms with Gasteiger partial charge in [-0.15, -0.1) is 0 Å². The fourth-order valence-electron chi connectivity index (χ4n) is 2.09. The molecule has 5 heteroatoms. The Morgan fingerprint density at radius 3 is 2.56 bits per heavy atom. The van der Waals surface area contributed by atoms with Crippen molar-refractivity contribution < 1.29 is 8.42 Å². The zero-order chi connectivity index (χ0) is 13.6. The number of sulfonamides is 1. The van der Waals surface area contributed by atoms with Crippen molar-refractivity contribution >= 4 is 10.0 Å². The van der Waals surface area contributed by atoms with E-state index in [9.17, 15) is 8.42 Å². The highest BCUT2D eigenvalue weighted by Crippen LogP contribution is 2.45. The molecule has 0 bridgehead atoms. The van der Waals surface area contributed by atoms with Crippen LogP contribution in [-0.4, -0.2) is 14.5 Å². The largest absolute Gasteiger partial charge is 0.326 e. The second-order valence-corrected chi connectivity index (χ2v) is 7.29. The molecule has 0 spiro atoms. The molecule has 2 rings (SSSR count). The van der Waals surface area contributed by atoms with Crippen molar-refractivity contribution in [2.45, 2.75) is 44.7 Å². The lowest BCUT2D eigenvalue weighted by Crippen LogP contribution is -2.29. The van der Waals surface area contributed by atoms with Crippen LogP contribution in [0.4, 0.5) is 0 Å². The molecule has 0 amide bonds. The quantitative estimate of drug-likeness (QED) is 0.870. The third kappa shape index (κ3) is 2.43. The van der Waals surface area contributed by atoms with Gasteiger partial charge in [0, 0.05) is 12.6 Å². The second-order valence-electron chi connectivity index (χ2n) is 5.61. The first-order valence-electron chi connectivity index (χ1n) is 6.09. The number of nitrogens with one attached hydrogen (secondary N) is 1. The average Bonchev–Trinajstić information content (AvgIpc) is 2.84. The normalized spacial score (nSPS) is 21.9. The molecule has 4 nitrogen and oxygen atoms in total. The fraction of sp³-hybridized carbons (Fsp3) is 0.538. The number of benzene rings is 1. The van der Waals surface area contributed by atoms with Crippen LogP contribution in [0.2, 0.25) is 0 Å². The zero-order valence-electron chi connectivity index (χ0n) is 11.0. The Morgan fingerprint density at radius 1 is 1.44 bits per heavy atom. The Balaban J connectivity index is 2.31. The van der Waals surface area contributed by atoms with Crippen molar-refractivity contribution in [1.82, 2.24) is 4.72 Å². The Morgan fingerprint density at radius 2 is 2.06 bits per heavy atom. The summed E-state index contributed by atoms with van der Waals surface area (Å²) in [6, 6.07) is 5.27. The summed E-state index contributed by atoms with van der Waals surface area (Å²) >= 11 is 0. The van der Waals surface area contributed by atoms with E-state index in [2.05, 4.69) is 18.6 Å². The molecule has 1 aliphatic rings. The lowest BCUT2D eigenvalue weighted by molar-refractivity contribution is 0.554. The van der Waals surface area contributed by atoms with Gasteiger partial charge in [-0.3, -0.25) is 0 Å². The molecule has 0 aromatic heterocycles. The molecule has 100 valence electrons. The topological polar surface area (TPSA) is 72.2 Å². The molecule has 1 fully saturated rings. The predicted molar refractivity (Wildman–Crippen MR) is 71.6 cm³/mol. The minimum Gasteiger partial charge on any atom is -0.326 e. The van der Waals surface area contributed by atoms with Crippen LogP contribution in [0.3, 0.4) is 0 Å². The number of hydrogen-bond acceptors (Lipinski definition) is 3. The Kier molecular flexibility index (Phi) is 3.25. The van der Waals surface area contributed by atoms with Gasteiger partial charge in [-0.2, -0.15) is 0 Å². The molecular formula is C13H20N2O2S. The van der Waals surface area contributed by atoms with E-state index in [4.69, 9.17) is 5.73 Å². The number of rotatable bonds is 4. The van der Waals surface area contributed by atoms with E-state index >= 15 is 0 Å². The monoisotopic (exact) mass is 268 g/mol. The molecule has 1 saturated carbocycles. The summed E-state index contributed by atoms with van der Waals surface area (Å²) in [5.74, 6) is 0. The van der Waals surface area contributed by atoms with Crippen molar-refractivity contribution in [2.24, 2.45) is 11.1 Å². The second kappa shape index (κ2) is 4.33. The highest BCUT2D eigenvalue weighted by Gasteiger charge is 2.48. The van der Waals surface area contributed by atoms with E-state index in [-0.39, 0.29) is 11.5 Å². The van der Waals surface area contributed by atoms with Crippen LogP contribution < -0.4 is 10.5 Å². The summed E-state index contributed by atoms with van der Waals surface area (Å²) in [4.78, 5) is 0.341. The molecule has 1 aromatic rings. The van der Waals surface area contributed by atoms with E-state index in [1.54, 1.807) is 19.1 Å². The molecular weight excluding hydrogens is 248 g/mol. The first-order valence-corrected chi connectivity index (χ1v) is 7.57. The Hall–Kier alpha value is -0.910. The van der Waals surface area contributed by atoms with Gasteiger partial charge in [-0.1, -0.05) is 26.0 Å². The van der Waals surface area contributed by atoms with E-state index in [1.165, 1.54) is 0 Å². The van der Waals surface area contributed by atoms with Crippen molar-refractivity contribution in [1.29, 1.82) is 0 Å². The van der Waals surface area contributed by atoms with Crippen molar-refractivity contribution in [2.75, 3.05) is 0 Å². The summed E-state index contributed by atoms with van der Waals surface area (Å²) in [6.45, 7) is 6.27. The molecule has 1 unspecified atom stereocenters. The molecule has 18 heavy (non-hydrogen) atoms. The van der Waals surface area contributed by atoms with Crippen molar-refractivity contribution in [3.63, 3.8) is 0 Å². The van der Waals surface area contributed by atoms with Gasteiger partial charge in [0.1, 0.15) is 0 Å². The Bertz CT molecular complexity index is 564. The van der Waals surface area contributed by atoms with Crippen LogP contribution in [0.1, 0.15) is 31.4 Å². The van der Waals surface area contributed by atoms with Crippen molar-refractivity contribution in [3.05, 3.63) is 29.3 Å². The lowest BCUT2D eigenvalue weighted by atomic mass is 10.1. The molecule has 0 heterocycles.